The molecule has 0 bridgehead atoms. The van der Waals surface area contributed by atoms with Crippen LogP contribution in [0.2, 0.25) is 0 Å². The molecule has 2 amide bonds. The van der Waals surface area contributed by atoms with Gasteiger partial charge in [0.25, 0.3) is 11.8 Å². The van der Waals surface area contributed by atoms with Gasteiger partial charge in [0.2, 0.25) is 15.9 Å². The van der Waals surface area contributed by atoms with Crippen molar-refractivity contribution in [3.8, 4) is 0 Å². The maximum absolute atomic E-state index is 13.2. The van der Waals surface area contributed by atoms with E-state index in [4.69, 9.17) is 0 Å². The maximum atomic E-state index is 13.2. The Balaban J connectivity index is 1.62. The molecule has 2 N–H and O–H groups in total. The lowest BCUT2D eigenvalue weighted by Gasteiger charge is -2.31. The molecule has 0 saturated carbocycles. The van der Waals surface area contributed by atoms with Crippen LogP contribution in [0.1, 0.15) is 12.5 Å². The summed E-state index contributed by atoms with van der Waals surface area (Å²) >= 11 is 0. The lowest BCUT2D eigenvalue weighted by atomic mass is 10.2. The number of amidine groups is 1. The Hall–Kier alpha value is -3.24. The standard InChI is InChI=1S/C20H21N5O4S/c1-13-19(26)25(15-6-4-3-5-7-15)23-18(22-13)20(27)24-11-10-14-12-16(8-9-17(14)24)30(28,29)21-2/h3-9,12-13,21H,10-11H2,1-2H3,(H,22,23). The highest BCUT2D eigenvalue weighted by molar-refractivity contribution is 7.89. The van der Waals surface area contributed by atoms with Gasteiger partial charge in [-0.05, 0) is 56.3 Å². The van der Waals surface area contributed by atoms with Crippen molar-refractivity contribution in [2.45, 2.75) is 24.3 Å². The predicted molar refractivity (Wildman–Crippen MR) is 113 cm³/mol. The van der Waals surface area contributed by atoms with Crippen LogP contribution in [0.5, 0.6) is 0 Å². The van der Waals surface area contributed by atoms with Crippen LogP contribution in [0.15, 0.2) is 58.4 Å². The first-order valence-electron chi connectivity index (χ1n) is 9.43. The summed E-state index contributed by atoms with van der Waals surface area (Å²) in [6.07, 6.45) is 0.526. The van der Waals surface area contributed by atoms with Gasteiger partial charge in [-0.15, -0.1) is 0 Å². The Morgan fingerprint density at radius 1 is 1.20 bits per heavy atom. The largest absolute Gasteiger partial charge is 0.305 e. The van der Waals surface area contributed by atoms with Crippen LogP contribution in [0.3, 0.4) is 0 Å². The number of para-hydroxylation sites is 1. The summed E-state index contributed by atoms with van der Waals surface area (Å²) in [4.78, 5) is 31.7. The number of benzene rings is 2. The van der Waals surface area contributed by atoms with E-state index in [-0.39, 0.29) is 22.5 Å². The number of nitrogens with one attached hydrogen (secondary N) is 2. The minimum atomic E-state index is -3.56. The van der Waals surface area contributed by atoms with E-state index in [1.165, 1.54) is 18.1 Å². The third-order valence-electron chi connectivity index (χ3n) is 5.11. The molecule has 0 spiro atoms. The molecule has 1 unspecified atom stereocenters. The minimum Gasteiger partial charge on any atom is -0.305 e. The Kier molecular flexibility index (Phi) is 5.04. The normalized spacial score (nSPS) is 18.7. The molecule has 9 nitrogen and oxygen atoms in total. The summed E-state index contributed by atoms with van der Waals surface area (Å²) in [6.45, 7) is 2.03. The molecule has 4 rings (SSSR count). The van der Waals surface area contributed by atoms with Gasteiger partial charge < -0.3 is 4.90 Å². The Bertz CT molecular complexity index is 1150. The second-order valence-electron chi connectivity index (χ2n) is 6.98. The molecule has 2 heterocycles. The van der Waals surface area contributed by atoms with Crippen LogP contribution in [-0.2, 0) is 26.0 Å². The Morgan fingerprint density at radius 3 is 2.63 bits per heavy atom. The van der Waals surface area contributed by atoms with Crippen molar-refractivity contribution in [1.29, 1.82) is 0 Å². The number of nitrogens with zero attached hydrogens (tertiary/aromatic N) is 3. The number of hydrogen-bond donors (Lipinski definition) is 2. The van der Waals surface area contributed by atoms with Crippen LogP contribution in [0, 0.1) is 0 Å². The fourth-order valence-corrected chi connectivity index (χ4v) is 4.28. The molecule has 2 aromatic carbocycles. The number of fused-ring (bicyclic) bond motifs is 1. The highest BCUT2D eigenvalue weighted by atomic mass is 32.2. The first-order valence-corrected chi connectivity index (χ1v) is 10.9. The SMILES string of the molecule is CNS(=O)(=O)c1ccc2c(c1)CCN2C(=O)C1=NC(C)C(=O)N(c2ccccc2)N1. The number of sulfonamides is 1. The lowest BCUT2D eigenvalue weighted by molar-refractivity contribution is -0.120. The molecule has 0 radical (unpaired) electrons. The predicted octanol–water partition coefficient (Wildman–Crippen LogP) is 0.822. The van der Waals surface area contributed by atoms with E-state index >= 15 is 0 Å². The second kappa shape index (κ2) is 7.54. The van der Waals surface area contributed by atoms with Gasteiger partial charge in [-0.2, -0.15) is 0 Å². The molecular weight excluding hydrogens is 406 g/mol. The van der Waals surface area contributed by atoms with Crippen molar-refractivity contribution < 1.29 is 18.0 Å². The van der Waals surface area contributed by atoms with Gasteiger partial charge in [0.1, 0.15) is 6.04 Å². The van der Waals surface area contributed by atoms with E-state index in [1.807, 2.05) is 6.07 Å². The summed E-state index contributed by atoms with van der Waals surface area (Å²) in [6, 6.07) is 12.9. The molecule has 0 aromatic heterocycles. The molecule has 2 aliphatic rings. The van der Waals surface area contributed by atoms with E-state index in [9.17, 15) is 18.0 Å². The summed E-state index contributed by atoms with van der Waals surface area (Å²) < 4.78 is 26.4. The molecule has 156 valence electrons. The molecule has 30 heavy (non-hydrogen) atoms. The van der Waals surface area contributed by atoms with Crippen molar-refractivity contribution in [1.82, 2.24) is 10.1 Å². The Morgan fingerprint density at radius 2 is 1.93 bits per heavy atom. The molecule has 0 saturated heterocycles. The van der Waals surface area contributed by atoms with Gasteiger partial charge in [0, 0.05) is 12.2 Å². The molecule has 10 heteroatoms. The van der Waals surface area contributed by atoms with E-state index < -0.39 is 16.1 Å². The summed E-state index contributed by atoms with van der Waals surface area (Å²) in [7, 11) is -2.21. The van der Waals surface area contributed by atoms with Crippen molar-refractivity contribution in [2.75, 3.05) is 23.5 Å². The molecule has 0 aliphatic carbocycles. The average Bonchev–Trinajstić information content (AvgIpc) is 3.19. The topological polar surface area (TPSA) is 111 Å². The highest BCUT2D eigenvalue weighted by Gasteiger charge is 2.35. The molecule has 2 aliphatic heterocycles. The molecular formula is C20H21N5O4S. The van der Waals surface area contributed by atoms with Gasteiger partial charge in [0.15, 0.2) is 0 Å². The fraction of sp³-hybridized carbons (Fsp3) is 0.250. The van der Waals surface area contributed by atoms with E-state index in [1.54, 1.807) is 48.2 Å². The quantitative estimate of drug-likeness (QED) is 0.751. The van der Waals surface area contributed by atoms with E-state index in [0.717, 1.165) is 5.56 Å². The molecule has 1 atom stereocenters. The van der Waals surface area contributed by atoms with Crippen LogP contribution in [0.4, 0.5) is 11.4 Å². The average molecular weight is 427 g/mol. The van der Waals surface area contributed by atoms with Crippen molar-refractivity contribution in [3.05, 3.63) is 54.1 Å². The van der Waals surface area contributed by atoms with Crippen LogP contribution in [0.25, 0.3) is 0 Å². The highest BCUT2D eigenvalue weighted by Crippen LogP contribution is 2.30. The van der Waals surface area contributed by atoms with Crippen molar-refractivity contribution in [2.24, 2.45) is 4.99 Å². The first kappa shape index (κ1) is 20.0. The van der Waals surface area contributed by atoms with Gasteiger partial charge in [-0.25, -0.2) is 23.1 Å². The van der Waals surface area contributed by atoms with Crippen LogP contribution in [-0.4, -0.2) is 45.7 Å². The third-order valence-corrected chi connectivity index (χ3v) is 6.52. The van der Waals surface area contributed by atoms with Gasteiger partial charge in [-0.1, -0.05) is 18.2 Å². The number of anilines is 2. The number of hydrogen-bond acceptors (Lipinski definition) is 6. The number of carbonyl (C=O) groups excluding carboxylic acids is 2. The smallest absolute Gasteiger partial charge is 0.295 e. The Labute approximate surface area is 174 Å². The van der Waals surface area contributed by atoms with Crippen molar-refractivity contribution >= 4 is 39.0 Å². The van der Waals surface area contributed by atoms with Crippen molar-refractivity contribution in [3.63, 3.8) is 0 Å². The number of carbonyl (C=O) groups is 2. The molecule has 0 fully saturated rings. The fourth-order valence-electron chi connectivity index (χ4n) is 3.50. The van der Waals surface area contributed by atoms with Crippen LogP contribution < -0.4 is 20.1 Å². The summed E-state index contributed by atoms with van der Waals surface area (Å²) in [5, 5.41) is 1.32. The lowest BCUT2D eigenvalue weighted by Crippen LogP contribution is -2.58. The zero-order valence-electron chi connectivity index (χ0n) is 16.5. The monoisotopic (exact) mass is 427 g/mol. The number of hydrazine groups is 1. The zero-order valence-corrected chi connectivity index (χ0v) is 17.3. The maximum Gasteiger partial charge on any atom is 0.295 e. The summed E-state index contributed by atoms with van der Waals surface area (Å²) in [5.41, 5.74) is 4.85. The zero-order chi connectivity index (χ0) is 21.5. The number of amides is 2. The van der Waals surface area contributed by atoms with Gasteiger partial charge >= 0.3 is 0 Å². The van der Waals surface area contributed by atoms with Crippen LogP contribution >= 0.6 is 0 Å². The van der Waals surface area contributed by atoms with Gasteiger partial charge in [0.05, 0.1) is 10.6 Å². The summed E-state index contributed by atoms with van der Waals surface area (Å²) in [5.74, 6) is -0.578. The van der Waals surface area contributed by atoms with E-state index in [2.05, 4.69) is 15.1 Å². The van der Waals surface area contributed by atoms with E-state index in [0.29, 0.717) is 24.3 Å². The molecule has 2 aromatic rings. The number of aliphatic imine (C=N–C) groups is 1. The van der Waals surface area contributed by atoms with Gasteiger partial charge in [-0.3, -0.25) is 15.0 Å². The first-order chi connectivity index (χ1) is 14.3. The number of rotatable bonds is 4. The minimum absolute atomic E-state index is 0.0609. The third kappa shape index (κ3) is 3.44. The second-order valence-corrected chi connectivity index (χ2v) is 8.87.